The molecule has 0 aromatic carbocycles. The Morgan fingerprint density at radius 2 is 1.76 bits per heavy atom. The van der Waals surface area contributed by atoms with Crippen LogP contribution in [0.4, 0.5) is 4.79 Å². The van der Waals surface area contributed by atoms with Crippen molar-refractivity contribution in [2.45, 2.75) is 112 Å². The molecule has 3 N–H and O–H groups in total. The second-order valence-electron chi connectivity index (χ2n) is 17.4. The van der Waals surface area contributed by atoms with Gasteiger partial charge < -0.3 is 29.4 Å². The Hall–Kier alpha value is -1.26. The topological polar surface area (TPSA) is 142 Å². The molecule has 0 aliphatic heterocycles. The summed E-state index contributed by atoms with van der Waals surface area (Å²) >= 11 is 0. The minimum atomic E-state index is -4.32. The van der Waals surface area contributed by atoms with Gasteiger partial charge in [-0.1, -0.05) is 65.3 Å². The van der Waals surface area contributed by atoms with Crippen LogP contribution in [0.2, 0.25) is 0 Å². The number of hydrogen-bond donors (Lipinski definition) is 2. The minimum absolute atomic E-state index is 0. The highest BCUT2D eigenvalue weighted by molar-refractivity contribution is 7.47. The summed E-state index contributed by atoms with van der Waals surface area (Å²) in [6.07, 6.45) is 15.3. The fourth-order valence-electron chi connectivity index (χ4n) is 9.94. The third kappa shape index (κ3) is 10.4. The van der Waals surface area contributed by atoms with Crippen LogP contribution in [-0.4, -0.2) is 85.8 Å². The van der Waals surface area contributed by atoms with Crippen LogP contribution >= 0.6 is 7.82 Å². The van der Waals surface area contributed by atoms with Gasteiger partial charge in [0.2, 0.25) is 0 Å². The molecule has 0 heterocycles. The van der Waals surface area contributed by atoms with Gasteiger partial charge in [-0.05, 0) is 104 Å². The van der Waals surface area contributed by atoms with Crippen molar-refractivity contribution < 1.29 is 47.8 Å². The molecule has 0 radical (unpaired) electrons. The second kappa shape index (κ2) is 17.0. The standard InChI is InChI=1S/C38H66NO8P.H2O/c1-10-28(26(2)3)12-11-27(4)33-15-16-34-32-14-13-29-23-31(17-19-37(29,5)35(32)18-20-38(33,34)6)47-36(41)44-24-30(40)25-46-48(42,43)45-22-21-39(7,8)9;/h11-13,26-28,30-35,40H,10,14-25H2,1-9H3;1H2/b12-11+;/t27-,28-,30?,31+,32?,33-,34?,35?,37+,38-;/m1./s1. The number of aliphatic hydroxyl groups excluding tert-OH is 1. The molecule has 3 fully saturated rings. The highest BCUT2D eigenvalue weighted by Crippen LogP contribution is 2.67. The molecular formula is C38H68NO9P. The Morgan fingerprint density at radius 1 is 1.04 bits per heavy atom. The summed E-state index contributed by atoms with van der Waals surface area (Å²) in [7, 11) is 1.49. The maximum absolute atomic E-state index is 12.5. The van der Waals surface area contributed by atoms with Crippen LogP contribution in [0, 0.1) is 52.3 Å². The molecule has 0 saturated heterocycles. The van der Waals surface area contributed by atoms with E-state index in [4.69, 9.17) is 18.5 Å². The summed E-state index contributed by atoms with van der Waals surface area (Å²) in [6.45, 7) is 14.2. The number of aliphatic hydroxyl groups is 1. The van der Waals surface area contributed by atoms with Gasteiger partial charge in [0.25, 0.3) is 0 Å². The zero-order chi connectivity index (χ0) is 35.5. The maximum atomic E-state index is 12.5. The molecule has 4 rings (SSSR count). The van der Waals surface area contributed by atoms with Crippen LogP contribution in [0.5, 0.6) is 0 Å². The van der Waals surface area contributed by atoms with Gasteiger partial charge in [-0.25, -0.2) is 9.36 Å². The van der Waals surface area contributed by atoms with Crippen molar-refractivity contribution in [1.82, 2.24) is 0 Å². The predicted octanol–water partition coefficient (Wildman–Crippen LogP) is 7.99. The molecule has 0 bridgehead atoms. The van der Waals surface area contributed by atoms with Crippen molar-refractivity contribution in [3.05, 3.63) is 23.8 Å². The number of carbonyl (C=O) groups excluding carboxylic acids is 1. The lowest BCUT2D eigenvalue weighted by molar-refractivity contribution is -0.870. The SMILES string of the molecule is CC[C@H](/C=C/[C@@H](C)[C@H]1CCC2C3CC=C4C[C@@H](OC(=O)OCC(O)COP(=O)(O)OCC[N+](C)(C)C)CC[C@]4(C)C3CC[C@@]21C)C(C)C.[OH-]. The van der Waals surface area contributed by atoms with Crippen LogP contribution in [0.25, 0.3) is 0 Å². The molecule has 11 heteroatoms. The van der Waals surface area contributed by atoms with E-state index in [0.717, 1.165) is 43.4 Å². The number of nitrogens with zero attached hydrogens (tertiary/aromatic N) is 1. The molecule has 0 aromatic heterocycles. The molecule has 0 amide bonds. The van der Waals surface area contributed by atoms with Gasteiger partial charge in [0, 0.05) is 6.42 Å². The Balaban J connectivity index is 0.00000650. The molecule has 11 atom stereocenters. The van der Waals surface area contributed by atoms with E-state index in [1.54, 1.807) is 0 Å². The molecule has 3 saturated carbocycles. The number of ether oxygens (including phenoxy) is 2. The largest absolute Gasteiger partial charge is 0.870 e. The first-order valence-electron chi connectivity index (χ1n) is 18.7. The normalized spacial score (nSPS) is 34.4. The van der Waals surface area contributed by atoms with Crippen LogP contribution in [0.3, 0.4) is 0 Å². The molecule has 0 spiro atoms. The first-order valence-corrected chi connectivity index (χ1v) is 20.2. The van der Waals surface area contributed by atoms with Gasteiger partial charge in [-0.3, -0.25) is 9.05 Å². The monoisotopic (exact) mass is 713 g/mol. The lowest BCUT2D eigenvalue weighted by Crippen LogP contribution is -2.51. The highest BCUT2D eigenvalue weighted by atomic mass is 31.2. The molecule has 5 unspecified atom stereocenters. The number of likely N-dealkylation sites (N-methyl/N-ethyl adjacent to an activating group) is 1. The zero-order valence-electron chi connectivity index (χ0n) is 31.8. The van der Waals surface area contributed by atoms with E-state index in [9.17, 15) is 19.4 Å². The molecule has 49 heavy (non-hydrogen) atoms. The number of fused-ring (bicyclic) bond motifs is 5. The van der Waals surface area contributed by atoms with Crippen molar-refractivity contribution in [2.24, 2.45) is 52.3 Å². The summed E-state index contributed by atoms with van der Waals surface area (Å²) in [4.78, 5) is 22.4. The van der Waals surface area contributed by atoms with Crippen molar-refractivity contribution in [2.75, 3.05) is 47.5 Å². The number of allylic oxidation sites excluding steroid dienone is 3. The van der Waals surface area contributed by atoms with E-state index < -0.39 is 33.3 Å². The molecule has 4 aliphatic carbocycles. The Labute approximate surface area is 296 Å². The number of rotatable bonds is 15. The third-order valence-corrected chi connectivity index (χ3v) is 13.8. The number of quaternary nitrogens is 1. The quantitative estimate of drug-likeness (QED) is 0.0748. The van der Waals surface area contributed by atoms with E-state index >= 15 is 0 Å². The Morgan fingerprint density at radius 3 is 2.41 bits per heavy atom. The van der Waals surface area contributed by atoms with Gasteiger partial charge in [0.05, 0.1) is 27.7 Å². The lowest BCUT2D eigenvalue weighted by atomic mass is 9.47. The van der Waals surface area contributed by atoms with Crippen molar-refractivity contribution in [3.63, 3.8) is 0 Å². The van der Waals surface area contributed by atoms with Gasteiger partial charge in [-0.2, -0.15) is 0 Å². The smallest absolute Gasteiger partial charge is 0.508 e. The van der Waals surface area contributed by atoms with E-state index in [2.05, 4.69) is 59.8 Å². The average molecular weight is 714 g/mol. The summed E-state index contributed by atoms with van der Waals surface area (Å²) in [5.74, 6) is 4.89. The Kier molecular flexibility index (Phi) is 14.7. The van der Waals surface area contributed by atoms with E-state index in [1.807, 2.05) is 21.1 Å². The second-order valence-corrected chi connectivity index (χ2v) is 18.8. The van der Waals surface area contributed by atoms with Gasteiger partial charge in [-0.15, -0.1) is 0 Å². The highest BCUT2D eigenvalue weighted by Gasteiger charge is 2.59. The summed E-state index contributed by atoms with van der Waals surface area (Å²) in [5, 5.41) is 10.2. The summed E-state index contributed by atoms with van der Waals surface area (Å²) < 4.78 is 33.3. The zero-order valence-corrected chi connectivity index (χ0v) is 32.7. The number of carbonyl (C=O) groups is 1. The molecule has 10 nitrogen and oxygen atoms in total. The van der Waals surface area contributed by atoms with E-state index in [-0.39, 0.29) is 23.6 Å². The van der Waals surface area contributed by atoms with Crippen molar-refractivity contribution in [1.29, 1.82) is 0 Å². The molecular weight excluding hydrogens is 645 g/mol. The van der Waals surface area contributed by atoms with E-state index in [1.165, 1.54) is 37.7 Å². The van der Waals surface area contributed by atoms with Crippen LogP contribution in [0.1, 0.15) is 99.3 Å². The average Bonchev–Trinajstić information content (AvgIpc) is 3.36. The third-order valence-electron chi connectivity index (χ3n) is 12.9. The van der Waals surface area contributed by atoms with Gasteiger partial charge in [0.15, 0.2) is 0 Å². The molecule has 4 aliphatic rings. The lowest BCUT2D eigenvalue weighted by Gasteiger charge is -2.58. The predicted molar refractivity (Wildman–Crippen MR) is 191 cm³/mol. The fraction of sp³-hybridized carbons (Fsp3) is 0.868. The minimum Gasteiger partial charge on any atom is -0.870 e. The van der Waals surface area contributed by atoms with Gasteiger partial charge in [0.1, 0.15) is 32.0 Å². The van der Waals surface area contributed by atoms with Crippen LogP contribution < -0.4 is 0 Å². The van der Waals surface area contributed by atoms with Crippen LogP contribution in [-0.2, 0) is 23.1 Å². The number of phosphoric acid groups is 1. The maximum Gasteiger partial charge on any atom is 0.508 e. The molecule has 0 aromatic rings. The van der Waals surface area contributed by atoms with Crippen LogP contribution in [0.15, 0.2) is 23.8 Å². The van der Waals surface area contributed by atoms with E-state index in [0.29, 0.717) is 40.1 Å². The summed E-state index contributed by atoms with van der Waals surface area (Å²) in [6, 6.07) is 0. The number of phosphoric ester groups is 1. The first-order chi connectivity index (χ1) is 22.4. The Bertz CT molecular complexity index is 1200. The van der Waals surface area contributed by atoms with Crippen molar-refractivity contribution in [3.8, 4) is 0 Å². The summed E-state index contributed by atoms with van der Waals surface area (Å²) in [5.41, 5.74) is 1.97. The first kappa shape index (κ1) is 42.2. The van der Waals surface area contributed by atoms with Gasteiger partial charge >= 0.3 is 14.0 Å². The number of hydrogen-bond acceptors (Lipinski definition) is 8. The fourth-order valence-corrected chi connectivity index (χ4v) is 10.7. The molecule has 284 valence electrons. The van der Waals surface area contributed by atoms with Crippen molar-refractivity contribution >= 4 is 14.0 Å².